The van der Waals surface area contributed by atoms with Crippen LogP contribution >= 0.6 is 11.3 Å². The number of anilines is 1. The number of hydrogen-bond donors (Lipinski definition) is 1. The third kappa shape index (κ3) is 3.12. The van der Waals surface area contributed by atoms with Crippen molar-refractivity contribution in [3.05, 3.63) is 41.7 Å². The monoisotopic (exact) mass is 381 g/mol. The fraction of sp³-hybridized carbons (Fsp3) is 0.263. The molecule has 0 bridgehead atoms. The summed E-state index contributed by atoms with van der Waals surface area (Å²) in [4.78, 5) is 21.8. The Hall–Kier alpha value is -3.00. The quantitative estimate of drug-likeness (QED) is 0.573. The van der Waals surface area contributed by atoms with E-state index in [-0.39, 0.29) is 11.9 Å². The van der Waals surface area contributed by atoms with E-state index < -0.39 is 0 Å². The van der Waals surface area contributed by atoms with Crippen molar-refractivity contribution in [3.63, 3.8) is 0 Å². The van der Waals surface area contributed by atoms with Crippen molar-refractivity contribution in [1.82, 2.24) is 19.7 Å². The highest BCUT2D eigenvalue weighted by Gasteiger charge is 2.17. The van der Waals surface area contributed by atoms with Gasteiger partial charge in [0.15, 0.2) is 10.8 Å². The van der Waals surface area contributed by atoms with Crippen molar-refractivity contribution in [1.29, 1.82) is 0 Å². The van der Waals surface area contributed by atoms with Gasteiger partial charge in [-0.25, -0.2) is 14.6 Å². The van der Waals surface area contributed by atoms with Crippen LogP contribution in [0, 0.1) is 6.92 Å². The molecule has 4 aromatic rings. The molecule has 0 saturated carbocycles. The van der Waals surface area contributed by atoms with E-state index in [1.807, 2.05) is 49.7 Å². The fourth-order valence-electron chi connectivity index (χ4n) is 2.92. The number of amides is 1. The maximum Gasteiger partial charge on any atom is 0.259 e. The van der Waals surface area contributed by atoms with Crippen molar-refractivity contribution in [2.24, 2.45) is 0 Å². The van der Waals surface area contributed by atoms with Gasteiger partial charge in [0.2, 0.25) is 0 Å². The van der Waals surface area contributed by atoms with Gasteiger partial charge < -0.3 is 4.74 Å². The molecule has 0 aliphatic heterocycles. The molecule has 0 aliphatic carbocycles. The number of aryl methyl sites for hydroxylation is 1. The van der Waals surface area contributed by atoms with E-state index in [1.54, 1.807) is 13.3 Å². The molecule has 0 fully saturated rings. The van der Waals surface area contributed by atoms with Gasteiger partial charge in [0.1, 0.15) is 5.75 Å². The van der Waals surface area contributed by atoms with Crippen LogP contribution in [-0.4, -0.2) is 32.8 Å². The van der Waals surface area contributed by atoms with Crippen molar-refractivity contribution in [2.75, 3.05) is 12.4 Å². The lowest BCUT2D eigenvalue weighted by molar-refractivity contribution is 0.102. The molecule has 7 nitrogen and oxygen atoms in total. The molecule has 0 radical (unpaired) electrons. The summed E-state index contributed by atoms with van der Waals surface area (Å²) < 4.78 is 8.04. The third-order valence-electron chi connectivity index (χ3n) is 4.31. The highest BCUT2D eigenvalue weighted by atomic mass is 32.1. The van der Waals surface area contributed by atoms with Gasteiger partial charge in [0, 0.05) is 11.4 Å². The van der Waals surface area contributed by atoms with Gasteiger partial charge in [-0.2, -0.15) is 5.10 Å². The first kappa shape index (κ1) is 17.4. The van der Waals surface area contributed by atoms with Crippen molar-refractivity contribution in [2.45, 2.75) is 26.8 Å². The molecule has 3 heterocycles. The molecule has 0 spiro atoms. The minimum absolute atomic E-state index is 0.203. The number of methoxy groups -OCH3 is 1. The summed E-state index contributed by atoms with van der Waals surface area (Å²) in [6, 6.07) is 7.66. The first-order valence-electron chi connectivity index (χ1n) is 8.57. The first-order chi connectivity index (χ1) is 13.0. The van der Waals surface area contributed by atoms with Crippen molar-refractivity contribution < 1.29 is 9.53 Å². The Balaban J connectivity index is 1.65. The Morgan fingerprint density at radius 3 is 2.81 bits per heavy atom. The lowest BCUT2D eigenvalue weighted by Crippen LogP contribution is -2.14. The molecule has 27 heavy (non-hydrogen) atoms. The minimum atomic E-state index is -0.231. The molecule has 1 N–H and O–H groups in total. The van der Waals surface area contributed by atoms with E-state index in [4.69, 9.17) is 4.74 Å². The number of aromatic nitrogens is 4. The van der Waals surface area contributed by atoms with E-state index in [0.717, 1.165) is 27.0 Å². The molecular weight excluding hydrogens is 362 g/mol. The summed E-state index contributed by atoms with van der Waals surface area (Å²) in [7, 11) is 1.62. The number of nitrogens with zero attached hydrogens (tertiary/aromatic N) is 4. The molecule has 1 amide bonds. The highest BCUT2D eigenvalue weighted by molar-refractivity contribution is 7.22. The van der Waals surface area contributed by atoms with Crippen molar-refractivity contribution in [3.8, 4) is 5.75 Å². The number of fused-ring (bicyclic) bond motifs is 2. The second-order valence-electron chi connectivity index (χ2n) is 6.52. The van der Waals surface area contributed by atoms with Gasteiger partial charge in [0.25, 0.3) is 5.91 Å². The summed E-state index contributed by atoms with van der Waals surface area (Å²) in [6.45, 7) is 5.92. The zero-order valence-electron chi connectivity index (χ0n) is 15.5. The van der Waals surface area contributed by atoms with Crippen LogP contribution in [0.2, 0.25) is 0 Å². The van der Waals surface area contributed by atoms with Crippen LogP contribution in [0.4, 0.5) is 5.13 Å². The Labute approximate surface area is 160 Å². The molecule has 0 aliphatic rings. The van der Waals surface area contributed by atoms with Gasteiger partial charge in [-0.15, -0.1) is 0 Å². The standard InChI is InChI=1S/C19H19N5O2S/c1-10(2)24-17-12(9-20-24)7-14(11(3)21-17)18(25)23-19-22-15-6-5-13(26-4)8-16(15)27-19/h5-10H,1-4H3,(H,22,23,25). The van der Waals surface area contributed by atoms with E-state index >= 15 is 0 Å². The molecule has 3 aromatic heterocycles. The van der Waals surface area contributed by atoms with Crippen LogP contribution in [-0.2, 0) is 0 Å². The van der Waals surface area contributed by atoms with Gasteiger partial charge in [-0.3, -0.25) is 10.1 Å². The number of carbonyl (C=O) groups is 1. The molecule has 8 heteroatoms. The number of pyridine rings is 1. The van der Waals surface area contributed by atoms with Crippen LogP contribution in [0.25, 0.3) is 21.3 Å². The SMILES string of the molecule is COc1ccc2nc(NC(=O)c3cc4cnn(C(C)C)c4nc3C)sc2c1. The number of ether oxygens (including phenoxy) is 1. The zero-order valence-corrected chi connectivity index (χ0v) is 16.3. The number of thiazole rings is 1. The Morgan fingerprint density at radius 1 is 1.26 bits per heavy atom. The van der Waals surface area contributed by atoms with E-state index in [2.05, 4.69) is 20.4 Å². The molecule has 4 rings (SSSR count). The summed E-state index contributed by atoms with van der Waals surface area (Å²) in [5.74, 6) is 0.530. The predicted molar refractivity (Wildman–Crippen MR) is 107 cm³/mol. The summed E-state index contributed by atoms with van der Waals surface area (Å²) in [5, 5.41) is 8.63. The van der Waals surface area contributed by atoms with Gasteiger partial charge in [-0.1, -0.05) is 11.3 Å². The molecular formula is C19H19N5O2S. The summed E-state index contributed by atoms with van der Waals surface area (Å²) in [5.41, 5.74) is 2.78. The number of hydrogen-bond acceptors (Lipinski definition) is 6. The molecule has 138 valence electrons. The Kier molecular flexibility index (Phi) is 4.27. The topological polar surface area (TPSA) is 81.9 Å². The minimum Gasteiger partial charge on any atom is -0.497 e. The lowest BCUT2D eigenvalue weighted by Gasteiger charge is -2.09. The fourth-order valence-corrected chi connectivity index (χ4v) is 3.81. The molecule has 0 atom stereocenters. The van der Waals surface area contributed by atoms with Gasteiger partial charge in [-0.05, 0) is 45.0 Å². The predicted octanol–water partition coefficient (Wildman–Crippen LogP) is 4.19. The average molecular weight is 381 g/mol. The second-order valence-corrected chi connectivity index (χ2v) is 7.55. The largest absolute Gasteiger partial charge is 0.497 e. The number of rotatable bonds is 4. The summed E-state index contributed by atoms with van der Waals surface area (Å²) >= 11 is 1.41. The molecule has 1 aromatic carbocycles. The van der Waals surface area contributed by atoms with Crippen LogP contribution < -0.4 is 10.1 Å². The Morgan fingerprint density at radius 2 is 2.07 bits per heavy atom. The average Bonchev–Trinajstić information content (AvgIpc) is 3.22. The van der Waals surface area contributed by atoms with Crippen LogP contribution in [0.3, 0.4) is 0 Å². The number of nitrogens with one attached hydrogen (secondary N) is 1. The van der Waals surface area contributed by atoms with Crippen LogP contribution in [0.5, 0.6) is 5.75 Å². The van der Waals surface area contributed by atoms with E-state index in [0.29, 0.717) is 16.4 Å². The maximum atomic E-state index is 12.8. The number of benzene rings is 1. The second kappa shape index (κ2) is 6.62. The normalized spacial score (nSPS) is 11.4. The van der Waals surface area contributed by atoms with E-state index in [9.17, 15) is 4.79 Å². The van der Waals surface area contributed by atoms with E-state index in [1.165, 1.54) is 11.3 Å². The summed E-state index contributed by atoms with van der Waals surface area (Å²) in [6.07, 6.45) is 1.74. The van der Waals surface area contributed by atoms with Crippen molar-refractivity contribution >= 4 is 43.6 Å². The lowest BCUT2D eigenvalue weighted by atomic mass is 10.1. The smallest absolute Gasteiger partial charge is 0.259 e. The number of carbonyl (C=O) groups excluding carboxylic acids is 1. The zero-order chi connectivity index (χ0) is 19.1. The molecule has 0 unspecified atom stereocenters. The Bertz CT molecular complexity index is 1160. The molecule has 0 saturated heterocycles. The van der Waals surface area contributed by atoms with Gasteiger partial charge >= 0.3 is 0 Å². The maximum absolute atomic E-state index is 12.8. The van der Waals surface area contributed by atoms with Crippen LogP contribution in [0.1, 0.15) is 35.9 Å². The highest BCUT2D eigenvalue weighted by Crippen LogP contribution is 2.29. The third-order valence-corrected chi connectivity index (χ3v) is 5.24. The van der Waals surface area contributed by atoms with Gasteiger partial charge in [0.05, 0.1) is 34.8 Å². The first-order valence-corrected chi connectivity index (χ1v) is 9.38. The van der Waals surface area contributed by atoms with Crippen LogP contribution in [0.15, 0.2) is 30.5 Å².